The highest BCUT2D eigenvalue weighted by molar-refractivity contribution is 7.98. The summed E-state index contributed by atoms with van der Waals surface area (Å²) in [5.41, 5.74) is -1.74. The molecule has 0 fully saturated rings. The number of rotatable bonds is 4. The molecule has 0 atom stereocenters. The first-order valence-electron chi connectivity index (χ1n) is 8.04. The van der Waals surface area contributed by atoms with Gasteiger partial charge in [-0.1, -0.05) is 0 Å². The summed E-state index contributed by atoms with van der Waals surface area (Å²) in [6.07, 6.45) is 1.52. The lowest BCUT2D eigenvalue weighted by atomic mass is 10.1. The van der Waals surface area contributed by atoms with E-state index in [-0.39, 0.29) is 28.2 Å². The number of aromatic nitrogens is 1. The molecular formula is C19H13F4NO3S. The fourth-order valence-corrected chi connectivity index (χ4v) is 3.59. The summed E-state index contributed by atoms with van der Waals surface area (Å²) < 4.78 is 61.6. The Hall–Kier alpha value is -2.81. The second kappa shape index (κ2) is 7.67. The molecule has 0 saturated carbocycles. The fourth-order valence-electron chi connectivity index (χ4n) is 2.83. The Morgan fingerprint density at radius 1 is 1.07 bits per heavy atom. The number of nitrogens with zero attached hydrogens (tertiary/aromatic N) is 1. The second-order valence-corrected chi connectivity index (χ2v) is 6.44. The van der Waals surface area contributed by atoms with E-state index in [4.69, 9.17) is 4.74 Å². The Balaban J connectivity index is 2.56. The van der Waals surface area contributed by atoms with Crippen LogP contribution in [0.5, 0.6) is 0 Å². The molecule has 4 nitrogen and oxygen atoms in total. The number of carbonyl (C=O) groups excluding carboxylic acids is 1. The zero-order valence-corrected chi connectivity index (χ0v) is 15.5. The van der Waals surface area contributed by atoms with Gasteiger partial charge in [-0.3, -0.25) is 4.79 Å². The molecule has 0 radical (unpaired) electrons. The van der Waals surface area contributed by atoms with E-state index in [1.54, 1.807) is 0 Å². The van der Waals surface area contributed by atoms with E-state index in [0.717, 1.165) is 34.5 Å². The van der Waals surface area contributed by atoms with Crippen molar-refractivity contribution >= 4 is 28.6 Å². The minimum absolute atomic E-state index is 0.0349. The number of thioether (sulfide) groups is 1. The van der Waals surface area contributed by atoms with Crippen molar-refractivity contribution in [1.29, 1.82) is 0 Å². The maximum absolute atomic E-state index is 14.5. The molecule has 0 aliphatic heterocycles. The molecule has 1 heterocycles. The lowest BCUT2D eigenvalue weighted by molar-refractivity contribution is 0.0519. The van der Waals surface area contributed by atoms with E-state index in [0.29, 0.717) is 12.1 Å². The Morgan fingerprint density at radius 3 is 2.36 bits per heavy atom. The summed E-state index contributed by atoms with van der Waals surface area (Å²) in [6.45, 7) is 1.50. The molecule has 0 bridgehead atoms. The molecule has 1 aromatic heterocycles. The van der Waals surface area contributed by atoms with Crippen molar-refractivity contribution in [2.45, 2.75) is 11.9 Å². The summed E-state index contributed by atoms with van der Waals surface area (Å²) in [5.74, 6) is -5.42. The van der Waals surface area contributed by atoms with Gasteiger partial charge in [0.1, 0.15) is 17.2 Å². The van der Waals surface area contributed by atoms with Gasteiger partial charge in [-0.05, 0) is 31.4 Å². The standard InChI is InChI=1S/C19H13F4NO3S/c1-3-27-19(26)16-17(25)10-7-11(21)12(22)8-15(10)24(18(16)28-2)14-5-4-9(20)6-13(14)23/h4-8H,3H2,1-2H3. The van der Waals surface area contributed by atoms with E-state index in [9.17, 15) is 27.2 Å². The van der Waals surface area contributed by atoms with E-state index in [2.05, 4.69) is 0 Å². The molecule has 0 aliphatic rings. The van der Waals surface area contributed by atoms with Crippen molar-refractivity contribution < 1.29 is 27.1 Å². The monoisotopic (exact) mass is 411 g/mol. The Kier molecular flexibility index (Phi) is 5.46. The van der Waals surface area contributed by atoms with Gasteiger partial charge in [0, 0.05) is 12.1 Å². The van der Waals surface area contributed by atoms with E-state index in [1.807, 2.05) is 0 Å². The van der Waals surface area contributed by atoms with Gasteiger partial charge in [-0.2, -0.15) is 0 Å². The number of hydrogen-bond acceptors (Lipinski definition) is 4. The van der Waals surface area contributed by atoms with Crippen molar-refractivity contribution in [3.8, 4) is 5.69 Å². The minimum atomic E-state index is -1.30. The average molecular weight is 411 g/mol. The maximum atomic E-state index is 14.5. The third kappa shape index (κ3) is 3.26. The lowest BCUT2D eigenvalue weighted by Gasteiger charge is -2.19. The van der Waals surface area contributed by atoms with Crippen molar-refractivity contribution in [2.75, 3.05) is 12.9 Å². The maximum Gasteiger partial charge on any atom is 0.344 e. The second-order valence-electron chi connectivity index (χ2n) is 5.65. The van der Waals surface area contributed by atoms with E-state index < -0.39 is 40.2 Å². The molecule has 0 saturated heterocycles. The van der Waals surface area contributed by atoms with Gasteiger partial charge >= 0.3 is 5.97 Å². The Labute approximate surface area is 160 Å². The Bertz CT molecular complexity index is 1160. The normalized spacial score (nSPS) is 11.1. The number of carbonyl (C=O) groups is 1. The zero-order valence-electron chi connectivity index (χ0n) is 14.7. The predicted octanol–water partition coefficient (Wildman–Crippen LogP) is 4.45. The summed E-state index contributed by atoms with van der Waals surface area (Å²) in [7, 11) is 0. The van der Waals surface area contributed by atoms with Gasteiger partial charge in [0.2, 0.25) is 5.43 Å². The van der Waals surface area contributed by atoms with Gasteiger partial charge in [0.15, 0.2) is 11.6 Å². The van der Waals surface area contributed by atoms with Crippen LogP contribution in [0.4, 0.5) is 17.6 Å². The van der Waals surface area contributed by atoms with Crippen LogP contribution in [-0.2, 0) is 4.74 Å². The molecule has 0 spiro atoms. The summed E-state index contributed by atoms with van der Waals surface area (Å²) >= 11 is 0.909. The van der Waals surface area contributed by atoms with Crippen LogP contribution < -0.4 is 5.43 Å². The van der Waals surface area contributed by atoms with Crippen LogP contribution in [0.2, 0.25) is 0 Å². The predicted molar refractivity (Wildman–Crippen MR) is 97.1 cm³/mol. The quantitative estimate of drug-likeness (QED) is 0.362. The van der Waals surface area contributed by atoms with Crippen molar-refractivity contribution in [3.63, 3.8) is 0 Å². The van der Waals surface area contributed by atoms with Gasteiger partial charge in [0.25, 0.3) is 0 Å². The first-order chi connectivity index (χ1) is 13.3. The van der Waals surface area contributed by atoms with Crippen LogP contribution in [0.3, 0.4) is 0 Å². The Morgan fingerprint density at radius 2 is 1.75 bits per heavy atom. The van der Waals surface area contributed by atoms with Crippen LogP contribution in [0.15, 0.2) is 40.2 Å². The number of benzene rings is 2. The molecule has 0 amide bonds. The fraction of sp³-hybridized carbons (Fsp3) is 0.158. The molecule has 3 aromatic rings. The highest BCUT2D eigenvalue weighted by Gasteiger charge is 2.26. The summed E-state index contributed by atoms with van der Waals surface area (Å²) in [5, 5.41) is -0.393. The highest BCUT2D eigenvalue weighted by atomic mass is 32.2. The number of halogens is 4. The summed E-state index contributed by atoms with van der Waals surface area (Å²) in [4.78, 5) is 25.2. The lowest BCUT2D eigenvalue weighted by Crippen LogP contribution is -2.24. The van der Waals surface area contributed by atoms with Crippen LogP contribution in [-0.4, -0.2) is 23.4 Å². The minimum Gasteiger partial charge on any atom is -0.462 e. The van der Waals surface area contributed by atoms with Gasteiger partial charge in [-0.25, -0.2) is 22.4 Å². The molecule has 0 aliphatic carbocycles. The molecule has 3 rings (SSSR count). The number of esters is 1. The molecule has 2 aromatic carbocycles. The number of hydrogen-bond donors (Lipinski definition) is 0. The first kappa shape index (κ1) is 19.9. The topological polar surface area (TPSA) is 48.3 Å². The van der Waals surface area contributed by atoms with Crippen LogP contribution in [0, 0.1) is 23.3 Å². The molecular weight excluding hydrogens is 398 g/mol. The molecule has 9 heteroatoms. The third-order valence-corrected chi connectivity index (χ3v) is 4.77. The van der Waals surface area contributed by atoms with Crippen LogP contribution >= 0.6 is 11.8 Å². The molecule has 0 unspecified atom stereocenters. The van der Waals surface area contributed by atoms with Gasteiger partial charge in [0.05, 0.1) is 28.2 Å². The number of ether oxygens (including phenoxy) is 1. The average Bonchev–Trinajstić information content (AvgIpc) is 2.64. The van der Waals surface area contributed by atoms with E-state index >= 15 is 0 Å². The summed E-state index contributed by atoms with van der Waals surface area (Å²) in [6, 6.07) is 4.01. The smallest absolute Gasteiger partial charge is 0.344 e. The number of pyridine rings is 1. The van der Waals surface area contributed by atoms with Crippen molar-refractivity contribution in [2.24, 2.45) is 0 Å². The van der Waals surface area contributed by atoms with Crippen molar-refractivity contribution in [1.82, 2.24) is 4.57 Å². The zero-order chi connectivity index (χ0) is 20.6. The third-order valence-electron chi connectivity index (χ3n) is 3.99. The van der Waals surface area contributed by atoms with Crippen molar-refractivity contribution in [3.05, 3.63) is 69.4 Å². The SMILES string of the molecule is CCOC(=O)c1c(SC)n(-c2ccc(F)cc2F)c2cc(F)c(F)cc2c1=O. The van der Waals surface area contributed by atoms with Crippen LogP contribution in [0.25, 0.3) is 16.6 Å². The van der Waals surface area contributed by atoms with Crippen LogP contribution in [0.1, 0.15) is 17.3 Å². The largest absolute Gasteiger partial charge is 0.462 e. The molecule has 0 N–H and O–H groups in total. The van der Waals surface area contributed by atoms with Gasteiger partial charge < -0.3 is 9.30 Å². The van der Waals surface area contributed by atoms with Gasteiger partial charge in [-0.15, -0.1) is 11.8 Å². The molecule has 146 valence electrons. The van der Waals surface area contributed by atoms with E-state index in [1.165, 1.54) is 13.2 Å². The first-order valence-corrected chi connectivity index (χ1v) is 9.26. The number of fused-ring (bicyclic) bond motifs is 1. The molecule has 28 heavy (non-hydrogen) atoms. The highest BCUT2D eigenvalue weighted by Crippen LogP contribution is 2.30.